The largest absolute Gasteiger partial charge is 0.366 e. The van der Waals surface area contributed by atoms with E-state index in [1.807, 2.05) is 25.7 Å². The molecule has 2 aliphatic heterocycles. The second-order valence-electron chi connectivity index (χ2n) is 9.44. The Morgan fingerprint density at radius 3 is 2.27 bits per heavy atom. The van der Waals surface area contributed by atoms with Gasteiger partial charge in [-0.2, -0.15) is 0 Å². The number of benzene rings is 1. The quantitative estimate of drug-likeness (QED) is 0.679. The van der Waals surface area contributed by atoms with Crippen LogP contribution in [0.1, 0.15) is 51.8 Å². The van der Waals surface area contributed by atoms with Crippen LogP contribution in [0.3, 0.4) is 0 Å². The van der Waals surface area contributed by atoms with Gasteiger partial charge in [0.1, 0.15) is 11.5 Å². The van der Waals surface area contributed by atoms with E-state index < -0.39 is 17.3 Å². The summed E-state index contributed by atoms with van der Waals surface area (Å²) in [6.07, 6.45) is 2.32. The summed E-state index contributed by atoms with van der Waals surface area (Å²) >= 11 is 0. The molecule has 0 saturated carbocycles. The molecule has 176 valence electrons. The number of imide groups is 1. The van der Waals surface area contributed by atoms with Gasteiger partial charge in [0.25, 0.3) is 17.4 Å². The number of piperidine rings is 1. The molecule has 0 atom stereocenters. The van der Waals surface area contributed by atoms with E-state index >= 15 is 0 Å². The Kier molecular flexibility index (Phi) is 6.28. The number of nitrogens with zero attached hydrogens (tertiary/aromatic N) is 3. The summed E-state index contributed by atoms with van der Waals surface area (Å²) in [6, 6.07) is 5.57. The maximum absolute atomic E-state index is 13.6. The second-order valence-corrected chi connectivity index (χ2v) is 9.44. The van der Waals surface area contributed by atoms with Crippen molar-refractivity contribution in [1.82, 2.24) is 19.6 Å². The van der Waals surface area contributed by atoms with Crippen LogP contribution in [0.15, 0.2) is 34.8 Å². The molecule has 2 amide bonds. The molecule has 1 fully saturated rings. The number of aromatic nitrogens is 2. The van der Waals surface area contributed by atoms with E-state index in [1.165, 1.54) is 33.8 Å². The van der Waals surface area contributed by atoms with Gasteiger partial charge in [-0.05, 0) is 55.4 Å². The van der Waals surface area contributed by atoms with Gasteiger partial charge in [-0.25, -0.2) is 9.07 Å². The van der Waals surface area contributed by atoms with Gasteiger partial charge in [-0.15, -0.1) is 0 Å². The zero-order valence-electron chi connectivity index (χ0n) is 19.7. The molecule has 1 aromatic carbocycles. The molecule has 0 aliphatic carbocycles. The monoisotopic (exact) mass is 454 g/mol. The highest BCUT2D eigenvalue weighted by Crippen LogP contribution is 2.34. The van der Waals surface area contributed by atoms with E-state index in [2.05, 4.69) is 12.0 Å². The second kappa shape index (κ2) is 9.00. The van der Waals surface area contributed by atoms with E-state index in [4.69, 9.17) is 0 Å². The summed E-state index contributed by atoms with van der Waals surface area (Å²) < 4.78 is 14.7. The number of amides is 2. The van der Waals surface area contributed by atoms with Gasteiger partial charge in [-0.3, -0.25) is 24.4 Å². The van der Waals surface area contributed by atoms with Gasteiger partial charge in [0.15, 0.2) is 0 Å². The van der Waals surface area contributed by atoms with Crippen molar-refractivity contribution in [3.8, 4) is 5.69 Å². The first-order chi connectivity index (χ1) is 15.7. The van der Waals surface area contributed by atoms with Crippen LogP contribution < -0.4 is 5.56 Å². The van der Waals surface area contributed by atoms with E-state index in [-0.39, 0.29) is 23.0 Å². The third-order valence-corrected chi connectivity index (χ3v) is 6.45. The Morgan fingerprint density at radius 1 is 1.06 bits per heavy atom. The Hall–Kier alpha value is -3.16. The lowest BCUT2D eigenvalue weighted by molar-refractivity contribution is -0.138. The highest BCUT2D eigenvalue weighted by atomic mass is 19.1. The number of aromatic amines is 1. The van der Waals surface area contributed by atoms with Gasteiger partial charge in [0, 0.05) is 25.3 Å². The number of nitrogens with one attached hydrogen (secondary N) is 1. The van der Waals surface area contributed by atoms with Crippen LogP contribution in [0.4, 0.5) is 4.39 Å². The smallest absolute Gasteiger partial charge is 0.279 e. The Balaban J connectivity index is 1.89. The standard InChI is InChI=1S/C25H31FN4O3/c1-5-19-20(24(32)30(27-19)18-8-6-17(26)7-9-18)21-22(28-12-10-16(4)11-13-28)25(33)29(23(21)31)14-15(2)3/h6-9,15-16,27H,5,10-14H2,1-4H3. The van der Waals surface area contributed by atoms with Gasteiger partial charge in [-0.1, -0.05) is 27.7 Å². The van der Waals surface area contributed by atoms with Crippen molar-refractivity contribution < 1.29 is 14.0 Å². The fourth-order valence-electron chi connectivity index (χ4n) is 4.61. The molecule has 2 aliphatic rings. The summed E-state index contributed by atoms with van der Waals surface area (Å²) in [5.41, 5.74) is 1.39. The predicted octanol–water partition coefficient (Wildman–Crippen LogP) is 3.33. The van der Waals surface area contributed by atoms with Crippen molar-refractivity contribution in [1.29, 1.82) is 0 Å². The first-order valence-corrected chi connectivity index (χ1v) is 11.7. The Labute approximate surface area is 192 Å². The van der Waals surface area contributed by atoms with Gasteiger partial charge in [0.2, 0.25) is 0 Å². The lowest BCUT2D eigenvalue weighted by atomic mass is 9.97. The number of hydrogen-bond acceptors (Lipinski definition) is 4. The zero-order valence-corrected chi connectivity index (χ0v) is 19.7. The van der Waals surface area contributed by atoms with Crippen LogP contribution in [0.5, 0.6) is 0 Å². The van der Waals surface area contributed by atoms with Crippen molar-refractivity contribution in [2.75, 3.05) is 19.6 Å². The molecular formula is C25H31FN4O3. The zero-order chi connectivity index (χ0) is 23.9. The average Bonchev–Trinajstić information content (AvgIpc) is 3.23. The number of rotatable bonds is 6. The molecule has 0 radical (unpaired) electrons. The molecule has 8 heteroatoms. The molecule has 0 unspecified atom stereocenters. The minimum atomic E-state index is -0.417. The van der Waals surface area contributed by atoms with Crippen molar-refractivity contribution in [3.05, 3.63) is 57.4 Å². The van der Waals surface area contributed by atoms with Crippen molar-refractivity contribution in [2.24, 2.45) is 11.8 Å². The number of halogens is 1. The minimum Gasteiger partial charge on any atom is -0.366 e. The maximum atomic E-state index is 13.6. The van der Waals surface area contributed by atoms with Crippen LogP contribution in [0, 0.1) is 17.7 Å². The number of hydrogen-bond donors (Lipinski definition) is 1. The first kappa shape index (κ1) is 23.0. The van der Waals surface area contributed by atoms with Gasteiger partial charge >= 0.3 is 0 Å². The van der Waals surface area contributed by atoms with E-state index in [9.17, 15) is 18.8 Å². The molecule has 3 heterocycles. The molecule has 2 aromatic rings. The number of H-pyrrole nitrogens is 1. The van der Waals surface area contributed by atoms with Crippen LogP contribution in [-0.2, 0) is 16.0 Å². The normalized spacial score (nSPS) is 17.8. The highest BCUT2D eigenvalue weighted by Gasteiger charge is 2.44. The van der Waals surface area contributed by atoms with E-state index in [1.54, 1.807) is 0 Å². The van der Waals surface area contributed by atoms with Crippen LogP contribution in [0.2, 0.25) is 0 Å². The summed E-state index contributed by atoms with van der Waals surface area (Å²) in [6.45, 7) is 9.63. The first-order valence-electron chi connectivity index (χ1n) is 11.7. The summed E-state index contributed by atoms with van der Waals surface area (Å²) in [5, 5.41) is 3.08. The number of carbonyl (C=O) groups is 2. The number of aryl methyl sites for hydroxylation is 1. The molecule has 0 spiro atoms. The molecule has 0 bridgehead atoms. The molecular weight excluding hydrogens is 423 g/mol. The van der Waals surface area contributed by atoms with Crippen molar-refractivity contribution >= 4 is 17.4 Å². The lowest BCUT2D eigenvalue weighted by Crippen LogP contribution is -2.39. The Morgan fingerprint density at radius 2 is 1.70 bits per heavy atom. The highest BCUT2D eigenvalue weighted by molar-refractivity contribution is 6.35. The lowest BCUT2D eigenvalue weighted by Gasteiger charge is -2.32. The molecule has 7 nitrogen and oxygen atoms in total. The molecule has 1 saturated heterocycles. The predicted molar refractivity (Wildman–Crippen MR) is 124 cm³/mol. The van der Waals surface area contributed by atoms with Crippen LogP contribution >= 0.6 is 0 Å². The third kappa shape index (κ3) is 4.14. The minimum absolute atomic E-state index is 0.104. The average molecular weight is 455 g/mol. The molecule has 33 heavy (non-hydrogen) atoms. The molecule has 4 rings (SSSR count). The topological polar surface area (TPSA) is 78.4 Å². The van der Waals surface area contributed by atoms with Crippen molar-refractivity contribution in [2.45, 2.75) is 47.0 Å². The molecule has 1 N–H and O–H groups in total. The maximum Gasteiger partial charge on any atom is 0.279 e. The molecule has 1 aromatic heterocycles. The fraction of sp³-hybridized carbons (Fsp3) is 0.480. The van der Waals surface area contributed by atoms with Crippen LogP contribution in [-0.4, -0.2) is 51.0 Å². The van der Waals surface area contributed by atoms with Crippen LogP contribution in [0.25, 0.3) is 11.3 Å². The number of carbonyl (C=O) groups excluding carboxylic acids is 2. The SMILES string of the molecule is CCc1[nH]n(-c2ccc(F)cc2)c(=O)c1C1=C(N2CCC(C)CC2)C(=O)N(CC(C)C)C1=O. The van der Waals surface area contributed by atoms with Gasteiger partial charge < -0.3 is 4.90 Å². The third-order valence-electron chi connectivity index (χ3n) is 6.45. The summed E-state index contributed by atoms with van der Waals surface area (Å²) in [7, 11) is 0. The van der Waals surface area contributed by atoms with E-state index in [0.29, 0.717) is 49.1 Å². The van der Waals surface area contributed by atoms with Crippen molar-refractivity contribution in [3.63, 3.8) is 0 Å². The number of likely N-dealkylation sites (tertiary alicyclic amines) is 1. The van der Waals surface area contributed by atoms with E-state index in [0.717, 1.165) is 12.8 Å². The summed E-state index contributed by atoms with van der Waals surface area (Å²) in [5.74, 6) is -0.487. The Bertz CT molecular complexity index is 1150. The summed E-state index contributed by atoms with van der Waals surface area (Å²) in [4.78, 5) is 43.9. The van der Waals surface area contributed by atoms with Gasteiger partial charge in [0.05, 0.1) is 16.8 Å². The fourth-order valence-corrected chi connectivity index (χ4v) is 4.61.